The van der Waals surface area contributed by atoms with Crippen LogP contribution >= 0.6 is 0 Å². The first-order valence-corrected chi connectivity index (χ1v) is 13.7. The molecule has 0 radical (unpaired) electrons. The van der Waals surface area contributed by atoms with Crippen LogP contribution in [0.1, 0.15) is 0 Å². The van der Waals surface area contributed by atoms with Gasteiger partial charge in [-0.2, -0.15) is 0 Å². The lowest BCUT2D eigenvalue weighted by Gasteiger charge is -2.07. The van der Waals surface area contributed by atoms with Crippen LogP contribution in [-0.4, -0.2) is 14.1 Å². The van der Waals surface area contributed by atoms with Crippen LogP contribution in [0.4, 0.5) is 11.4 Å². The number of nitrogens with two attached hydrogens (primary N) is 1. The summed E-state index contributed by atoms with van der Waals surface area (Å²) in [4.78, 5) is 10.7. The number of hydrogen-bond acceptors (Lipinski definition) is 3. The Labute approximate surface area is 241 Å². The highest BCUT2D eigenvalue weighted by molar-refractivity contribution is 6.11. The molecule has 6 nitrogen and oxygen atoms in total. The van der Waals surface area contributed by atoms with Gasteiger partial charge in [-0.15, -0.1) is 0 Å². The second kappa shape index (κ2) is 10.3. The Kier molecular flexibility index (Phi) is 6.14. The summed E-state index contributed by atoms with van der Waals surface area (Å²) in [6, 6.07) is 48.0. The van der Waals surface area contributed by atoms with Crippen LogP contribution in [-0.2, 0) is 0 Å². The third-order valence-electron chi connectivity index (χ3n) is 7.59. The van der Waals surface area contributed by atoms with Crippen molar-refractivity contribution in [3.63, 3.8) is 0 Å². The molecule has 42 heavy (non-hydrogen) atoms. The van der Waals surface area contributed by atoms with Gasteiger partial charge in [-0.3, -0.25) is 10.1 Å². The quantitative estimate of drug-likeness (QED) is 0.136. The van der Waals surface area contributed by atoms with E-state index >= 15 is 0 Å². The van der Waals surface area contributed by atoms with E-state index in [1.807, 2.05) is 72.8 Å². The van der Waals surface area contributed by atoms with Gasteiger partial charge in [-0.05, 0) is 60.7 Å². The summed E-state index contributed by atoms with van der Waals surface area (Å²) in [5.41, 5.74) is 13.5. The van der Waals surface area contributed by atoms with Crippen LogP contribution in [0.5, 0.6) is 0 Å². The number of non-ortho nitro benzene ring substituents is 1. The van der Waals surface area contributed by atoms with E-state index in [0.717, 1.165) is 33.2 Å². The molecule has 0 aliphatic carbocycles. The van der Waals surface area contributed by atoms with E-state index in [2.05, 4.69) is 69.8 Å². The molecule has 8 aromatic rings. The number of benzene rings is 6. The minimum atomic E-state index is -0.353. The molecular weight excluding hydrogens is 520 g/mol. The average Bonchev–Trinajstić information content (AvgIpc) is 3.54. The van der Waals surface area contributed by atoms with Crippen molar-refractivity contribution in [2.45, 2.75) is 0 Å². The Balaban J connectivity index is 0.000000138. The Morgan fingerprint density at radius 1 is 0.476 bits per heavy atom. The fourth-order valence-electron chi connectivity index (χ4n) is 5.78. The summed E-state index contributed by atoms with van der Waals surface area (Å²) in [6.45, 7) is 0. The molecule has 0 bridgehead atoms. The average molecular weight is 547 g/mol. The van der Waals surface area contributed by atoms with Crippen molar-refractivity contribution in [2.75, 3.05) is 5.73 Å². The first kappa shape index (κ1) is 25.1. The first-order chi connectivity index (χ1) is 20.6. The molecular formula is C36H26N4O2. The van der Waals surface area contributed by atoms with Gasteiger partial charge in [0.05, 0.1) is 27.0 Å². The summed E-state index contributed by atoms with van der Waals surface area (Å²) < 4.78 is 4.42. The van der Waals surface area contributed by atoms with Gasteiger partial charge in [0.2, 0.25) is 0 Å². The molecule has 0 spiro atoms. The lowest BCUT2D eigenvalue weighted by Crippen LogP contribution is -1.93. The molecule has 202 valence electrons. The van der Waals surface area contributed by atoms with Crippen LogP contribution in [0.15, 0.2) is 146 Å². The maximum atomic E-state index is 11.1. The minimum Gasteiger partial charge on any atom is -0.399 e. The smallest absolute Gasteiger partial charge is 0.270 e. The zero-order valence-corrected chi connectivity index (χ0v) is 22.6. The van der Waals surface area contributed by atoms with E-state index in [0.29, 0.717) is 0 Å². The number of para-hydroxylation sites is 4. The number of aromatic nitrogens is 2. The number of nitro benzene ring substituents is 1. The van der Waals surface area contributed by atoms with Crippen molar-refractivity contribution < 1.29 is 4.92 Å². The van der Waals surface area contributed by atoms with Gasteiger partial charge < -0.3 is 14.9 Å². The Hall–Kier alpha value is -5.88. The SMILES string of the molecule is Nc1ccc2c(c1)c1ccccc1n2-c1ccccc1.O=[N+]([O-])c1ccc2c(c1)c1ccccc1n2-c1ccccc1. The number of fused-ring (bicyclic) bond motifs is 6. The number of rotatable bonds is 3. The van der Waals surface area contributed by atoms with Gasteiger partial charge in [0.1, 0.15) is 0 Å². The normalized spacial score (nSPS) is 11.1. The second-order valence-corrected chi connectivity index (χ2v) is 10.1. The minimum absolute atomic E-state index is 0.114. The molecule has 2 aromatic heterocycles. The largest absolute Gasteiger partial charge is 0.399 e. The standard InChI is InChI=1S/C18H12N2O2.C18H14N2/c21-20(22)14-10-11-18-16(12-14)15-8-4-5-9-17(15)19(18)13-6-2-1-3-7-13;19-13-10-11-18-16(12-13)15-8-4-5-9-17(15)20(18)14-6-2-1-3-7-14/h1-12H;1-12H,19H2. The van der Waals surface area contributed by atoms with Gasteiger partial charge >= 0.3 is 0 Å². The third kappa shape index (κ3) is 4.22. The van der Waals surface area contributed by atoms with E-state index in [1.165, 1.54) is 27.5 Å². The number of nitrogen functional groups attached to an aromatic ring is 1. The van der Waals surface area contributed by atoms with Crippen molar-refractivity contribution >= 4 is 55.0 Å². The maximum absolute atomic E-state index is 11.1. The molecule has 0 fully saturated rings. The lowest BCUT2D eigenvalue weighted by molar-refractivity contribution is -0.384. The van der Waals surface area contributed by atoms with E-state index in [1.54, 1.807) is 12.1 Å². The third-order valence-corrected chi connectivity index (χ3v) is 7.59. The molecule has 6 heteroatoms. The highest BCUT2D eigenvalue weighted by Crippen LogP contribution is 2.34. The topological polar surface area (TPSA) is 79.0 Å². The van der Waals surface area contributed by atoms with Crippen LogP contribution < -0.4 is 5.73 Å². The van der Waals surface area contributed by atoms with Gasteiger partial charge in [0.15, 0.2) is 0 Å². The van der Waals surface area contributed by atoms with Crippen LogP contribution in [0.3, 0.4) is 0 Å². The number of anilines is 1. The molecule has 6 aromatic carbocycles. The number of nitro groups is 1. The summed E-state index contributed by atoms with van der Waals surface area (Å²) in [7, 11) is 0. The van der Waals surface area contributed by atoms with Gasteiger partial charge in [-0.25, -0.2) is 0 Å². The van der Waals surface area contributed by atoms with Crippen LogP contribution in [0.25, 0.3) is 55.0 Å². The summed E-state index contributed by atoms with van der Waals surface area (Å²) >= 11 is 0. The monoisotopic (exact) mass is 546 g/mol. The van der Waals surface area contributed by atoms with Crippen molar-refractivity contribution in [3.8, 4) is 11.4 Å². The van der Waals surface area contributed by atoms with Crippen molar-refractivity contribution in [3.05, 3.63) is 156 Å². The molecule has 2 heterocycles. The predicted molar refractivity (Wildman–Crippen MR) is 173 cm³/mol. The van der Waals surface area contributed by atoms with Crippen LogP contribution in [0.2, 0.25) is 0 Å². The molecule has 0 atom stereocenters. The molecule has 0 aliphatic heterocycles. The highest BCUT2D eigenvalue weighted by atomic mass is 16.6. The summed E-state index contributed by atoms with van der Waals surface area (Å²) in [5.74, 6) is 0. The lowest BCUT2D eigenvalue weighted by atomic mass is 10.1. The van der Waals surface area contributed by atoms with E-state index in [4.69, 9.17) is 5.73 Å². The van der Waals surface area contributed by atoms with Crippen molar-refractivity contribution in [2.24, 2.45) is 0 Å². The Morgan fingerprint density at radius 2 is 0.905 bits per heavy atom. The molecule has 0 aliphatic rings. The second-order valence-electron chi connectivity index (χ2n) is 10.1. The van der Waals surface area contributed by atoms with Gasteiger partial charge in [-0.1, -0.05) is 72.8 Å². The van der Waals surface area contributed by atoms with E-state index in [9.17, 15) is 10.1 Å². The summed E-state index contributed by atoms with van der Waals surface area (Å²) in [5, 5.41) is 15.4. The fourth-order valence-corrected chi connectivity index (χ4v) is 5.78. The molecule has 0 saturated carbocycles. The first-order valence-electron chi connectivity index (χ1n) is 13.7. The summed E-state index contributed by atoms with van der Waals surface area (Å²) in [6.07, 6.45) is 0. The zero-order valence-electron chi connectivity index (χ0n) is 22.6. The van der Waals surface area contributed by atoms with E-state index in [-0.39, 0.29) is 10.6 Å². The molecule has 2 N–H and O–H groups in total. The van der Waals surface area contributed by atoms with Crippen molar-refractivity contribution in [1.82, 2.24) is 9.13 Å². The Morgan fingerprint density at radius 3 is 1.43 bits per heavy atom. The molecule has 0 unspecified atom stereocenters. The highest BCUT2D eigenvalue weighted by Gasteiger charge is 2.15. The van der Waals surface area contributed by atoms with Crippen molar-refractivity contribution in [1.29, 1.82) is 0 Å². The molecule has 8 rings (SSSR count). The maximum Gasteiger partial charge on any atom is 0.270 e. The predicted octanol–water partition coefficient (Wildman–Crippen LogP) is 9.06. The number of hydrogen-bond donors (Lipinski definition) is 1. The molecule has 0 amide bonds. The van der Waals surface area contributed by atoms with Gasteiger partial charge in [0, 0.05) is 50.7 Å². The fraction of sp³-hybridized carbons (Fsp3) is 0. The Bertz CT molecular complexity index is 2230. The van der Waals surface area contributed by atoms with Crippen LogP contribution in [0, 0.1) is 10.1 Å². The van der Waals surface area contributed by atoms with Gasteiger partial charge in [0.25, 0.3) is 5.69 Å². The number of nitrogens with zero attached hydrogens (tertiary/aromatic N) is 3. The zero-order chi connectivity index (χ0) is 28.6. The van der Waals surface area contributed by atoms with E-state index < -0.39 is 0 Å². The molecule has 0 saturated heterocycles.